The van der Waals surface area contributed by atoms with E-state index in [1.807, 2.05) is 6.07 Å². The Bertz CT molecular complexity index is 675. The van der Waals surface area contributed by atoms with Crippen molar-refractivity contribution in [3.63, 3.8) is 0 Å². The zero-order valence-corrected chi connectivity index (χ0v) is 11.1. The van der Waals surface area contributed by atoms with Gasteiger partial charge >= 0.3 is 5.97 Å². The Hall–Kier alpha value is -2.83. The van der Waals surface area contributed by atoms with Gasteiger partial charge in [-0.1, -0.05) is 0 Å². The molecule has 0 fully saturated rings. The number of rotatable bonds is 3. The van der Waals surface area contributed by atoms with Crippen LogP contribution in [0.4, 0.5) is 11.5 Å². The molecule has 0 radical (unpaired) electrons. The first-order valence-corrected chi connectivity index (χ1v) is 6.44. The van der Waals surface area contributed by atoms with Gasteiger partial charge in [-0.25, -0.2) is 9.78 Å². The number of benzene rings is 1. The SMILES string of the molecule is O=C(O)c1cncc(Nc2ccc3c(c2)OCCCO3)n1. The van der Waals surface area contributed by atoms with Crippen molar-refractivity contribution in [3.8, 4) is 11.5 Å². The molecule has 1 aliphatic rings. The van der Waals surface area contributed by atoms with E-state index in [1.54, 1.807) is 12.1 Å². The van der Waals surface area contributed by atoms with Crippen LogP contribution in [0.2, 0.25) is 0 Å². The van der Waals surface area contributed by atoms with Crippen molar-refractivity contribution in [2.45, 2.75) is 6.42 Å². The molecule has 2 aromatic rings. The van der Waals surface area contributed by atoms with Gasteiger partial charge in [-0.2, -0.15) is 0 Å². The second-order valence-electron chi connectivity index (χ2n) is 4.43. The average Bonchev–Trinajstić information content (AvgIpc) is 2.72. The van der Waals surface area contributed by atoms with Gasteiger partial charge in [0.05, 0.1) is 25.6 Å². The van der Waals surface area contributed by atoms with Crippen molar-refractivity contribution in [3.05, 3.63) is 36.3 Å². The van der Waals surface area contributed by atoms with E-state index < -0.39 is 5.97 Å². The van der Waals surface area contributed by atoms with Gasteiger partial charge in [0.25, 0.3) is 0 Å². The zero-order valence-electron chi connectivity index (χ0n) is 11.1. The molecular formula is C14H13N3O4. The molecule has 1 aromatic heterocycles. The molecule has 0 saturated carbocycles. The molecule has 0 atom stereocenters. The zero-order chi connectivity index (χ0) is 14.7. The van der Waals surface area contributed by atoms with E-state index in [9.17, 15) is 4.79 Å². The number of nitrogens with one attached hydrogen (secondary N) is 1. The van der Waals surface area contributed by atoms with Gasteiger partial charge in [0.2, 0.25) is 0 Å². The van der Waals surface area contributed by atoms with Crippen molar-refractivity contribution >= 4 is 17.5 Å². The third kappa shape index (κ3) is 3.02. The second-order valence-corrected chi connectivity index (χ2v) is 4.43. The third-order valence-electron chi connectivity index (χ3n) is 2.87. The van der Waals surface area contributed by atoms with E-state index in [2.05, 4.69) is 15.3 Å². The summed E-state index contributed by atoms with van der Waals surface area (Å²) in [4.78, 5) is 18.7. The molecule has 0 spiro atoms. The van der Waals surface area contributed by atoms with E-state index in [0.29, 0.717) is 30.5 Å². The van der Waals surface area contributed by atoms with Crippen LogP contribution in [-0.4, -0.2) is 34.3 Å². The molecule has 0 aliphatic carbocycles. The number of carbonyl (C=O) groups is 1. The number of nitrogens with zero attached hydrogens (tertiary/aromatic N) is 2. The molecule has 0 amide bonds. The number of carboxylic acid groups (broad SMARTS) is 1. The molecule has 3 rings (SSSR count). The lowest BCUT2D eigenvalue weighted by Gasteiger charge is -2.10. The van der Waals surface area contributed by atoms with Crippen LogP contribution in [0.25, 0.3) is 0 Å². The van der Waals surface area contributed by atoms with Gasteiger partial charge in [0.15, 0.2) is 17.2 Å². The van der Waals surface area contributed by atoms with Gasteiger partial charge in [0, 0.05) is 18.2 Å². The maximum Gasteiger partial charge on any atom is 0.356 e. The topological polar surface area (TPSA) is 93.6 Å². The Kier molecular flexibility index (Phi) is 3.55. The first kappa shape index (κ1) is 13.2. The number of hydrogen-bond donors (Lipinski definition) is 2. The van der Waals surface area contributed by atoms with E-state index in [0.717, 1.165) is 12.1 Å². The Morgan fingerprint density at radius 2 is 2.00 bits per heavy atom. The van der Waals surface area contributed by atoms with Crippen molar-refractivity contribution in [1.29, 1.82) is 0 Å². The fraction of sp³-hybridized carbons (Fsp3) is 0.214. The average molecular weight is 287 g/mol. The summed E-state index contributed by atoms with van der Waals surface area (Å²) in [6.45, 7) is 1.23. The second kappa shape index (κ2) is 5.66. The first-order valence-electron chi connectivity index (χ1n) is 6.44. The standard InChI is InChI=1S/C14H13N3O4/c18-14(19)10-7-15-8-13(17-10)16-9-2-3-11-12(6-9)21-5-1-4-20-11/h2-3,6-8H,1,4-5H2,(H,16,17)(H,18,19). The van der Waals surface area contributed by atoms with Gasteiger partial charge in [-0.15, -0.1) is 0 Å². The predicted octanol–water partition coefficient (Wildman–Crippen LogP) is 2.08. The highest BCUT2D eigenvalue weighted by Crippen LogP contribution is 2.33. The Balaban J connectivity index is 1.83. The van der Waals surface area contributed by atoms with E-state index in [-0.39, 0.29) is 5.69 Å². The number of aromatic nitrogens is 2. The monoisotopic (exact) mass is 287 g/mol. The molecule has 2 N–H and O–H groups in total. The summed E-state index contributed by atoms with van der Waals surface area (Å²) in [5, 5.41) is 11.9. The number of hydrogen-bond acceptors (Lipinski definition) is 6. The van der Waals surface area contributed by atoms with E-state index in [1.165, 1.54) is 12.4 Å². The van der Waals surface area contributed by atoms with Crippen molar-refractivity contribution in [2.75, 3.05) is 18.5 Å². The lowest BCUT2D eigenvalue weighted by atomic mass is 10.2. The number of aromatic carboxylic acids is 1. The molecule has 7 heteroatoms. The van der Waals surface area contributed by atoms with Crippen LogP contribution in [-0.2, 0) is 0 Å². The largest absolute Gasteiger partial charge is 0.490 e. The van der Waals surface area contributed by atoms with Crippen molar-refractivity contribution in [1.82, 2.24) is 9.97 Å². The van der Waals surface area contributed by atoms with Crippen LogP contribution < -0.4 is 14.8 Å². The molecule has 21 heavy (non-hydrogen) atoms. The van der Waals surface area contributed by atoms with Crippen LogP contribution >= 0.6 is 0 Å². The highest BCUT2D eigenvalue weighted by molar-refractivity contribution is 5.85. The molecule has 0 unspecified atom stereocenters. The fourth-order valence-corrected chi connectivity index (χ4v) is 1.92. The number of anilines is 2. The molecular weight excluding hydrogens is 274 g/mol. The van der Waals surface area contributed by atoms with Crippen LogP contribution in [0, 0.1) is 0 Å². The van der Waals surface area contributed by atoms with Crippen LogP contribution in [0.3, 0.4) is 0 Å². The first-order chi connectivity index (χ1) is 10.2. The minimum atomic E-state index is -1.12. The van der Waals surface area contributed by atoms with Gasteiger partial charge < -0.3 is 19.9 Å². The highest BCUT2D eigenvalue weighted by atomic mass is 16.5. The fourth-order valence-electron chi connectivity index (χ4n) is 1.92. The summed E-state index contributed by atoms with van der Waals surface area (Å²) in [6, 6.07) is 5.40. The maximum atomic E-state index is 10.9. The van der Waals surface area contributed by atoms with Crippen LogP contribution in [0.1, 0.15) is 16.9 Å². The highest BCUT2D eigenvalue weighted by Gasteiger charge is 2.11. The quantitative estimate of drug-likeness (QED) is 0.892. The Morgan fingerprint density at radius 3 is 2.81 bits per heavy atom. The minimum Gasteiger partial charge on any atom is -0.490 e. The molecule has 1 aromatic carbocycles. The van der Waals surface area contributed by atoms with Crippen molar-refractivity contribution in [2.24, 2.45) is 0 Å². The lowest BCUT2D eigenvalue weighted by molar-refractivity contribution is 0.0690. The van der Waals surface area contributed by atoms with Crippen LogP contribution in [0.15, 0.2) is 30.6 Å². The molecule has 108 valence electrons. The summed E-state index contributed by atoms with van der Waals surface area (Å²) >= 11 is 0. The molecule has 7 nitrogen and oxygen atoms in total. The molecule has 2 heterocycles. The van der Waals surface area contributed by atoms with Crippen LogP contribution in [0.5, 0.6) is 11.5 Å². The molecule has 1 aliphatic heterocycles. The smallest absolute Gasteiger partial charge is 0.356 e. The maximum absolute atomic E-state index is 10.9. The summed E-state index contributed by atoms with van der Waals surface area (Å²) < 4.78 is 11.1. The third-order valence-corrected chi connectivity index (χ3v) is 2.87. The molecule has 0 saturated heterocycles. The molecule has 0 bridgehead atoms. The summed E-state index contributed by atoms with van der Waals surface area (Å²) in [5.74, 6) is 0.581. The minimum absolute atomic E-state index is 0.116. The number of ether oxygens (including phenoxy) is 2. The van der Waals surface area contributed by atoms with E-state index in [4.69, 9.17) is 14.6 Å². The predicted molar refractivity (Wildman–Crippen MR) is 74.3 cm³/mol. The normalized spacial score (nSPS) is 13.3. The van der Waals surface area contributed by atoms with Gasteiger partial charge in [0.1, 0.15) is 5.82 Å². The van der Waals surface area contributed by atoms with E-state index >= 15 is 0 Å². The van der Waals surface area contributed by atoms with Gasteiger partial charge in [-0.3, -0.25) is 4.98 Å². The summed E-state index contributed by atoms with van der Waals surface area (Å²) in [5.41, 5.74) is 0.602. The Morgan fingerprint density at radius 1 is 1.19 bits per heavy atom. The summed E-state index contributed by atoms with van der Waals surface area (Å²) in [7, 11) is 0. The Labute approximate surface area is 120 Å². The van der Waals surface area contributed by atoms with Crippen molar-refractivity contribution < 1.29 is 19.4 Å². The number of carboxylic acids is 1. The lowest BCUT2D eigenvalue weighted by Crippen LogP contribution is -2.04. The summed E-state index contributed by atoms with van der Waals surface area (Å²) in [6.07, 6.45) is 3.49. The number of fused-ring (bicyclic) bond motifs is 1. The van der Waals surface area contributed by atoms with Gasteiger partial charge in [-0.05, 0) is 12.1 Å².